The van der Waals surface area contributed by atoms with Crippen molar-refractivity contribution in [1.82, 2.24) is 4.90 Å². The van der Waals surface area contributed by atoms with Gasteiger partial charge in [-0.3, -0.25) is 4.79 Å². The topological polar surface area (TPSA) is 66.8 Å². The number of nitrogens with zero attached hydrogens (tertiary/aromatic N) is 1. The van der Waals surface area contributed by atoms with E-state index in [1.807, 2.05) is 4.90 Å². The first-order chi connectivity index (χ1) is 10.0. The van der Waals surface area contributed by atoms with E-state index < -0.39 is 5.97 Å². The van der Waals surface area contributed by atoms with Crippen molar-refractivity contribution in [2.75, 3.05) is 13.2 Å². The van der Waals surface area contributed by atoms with Crippen molar-refractivity contribution in [1.29, 1.82) is 0 Å². The summed E-state index contributed by atoms with van der Waals surface area (Å²) in [6.07, 6.45) is 2.38. The minimum atomic E-state index is -1.02. The van der Waals surface area contributed by atoms with Gasteiger partial charge in [-0.25, -0.2) is 4.79 Å². The van der Waals surface area contributed by atoms with Crippen LogP contribution in [0.1, 0.15) is 42.6 Å². The highest BCUT2D eigenvalue weighted by Gasteiger charge is 2.25. The van der Waals surface area contributed by atoms with Crippen LogP contribution in [0.3, 0.4) is 0 Å². The molecule has 1 aromatic rings. The molecule has 1 unspecified atom stereocenters. The number of amides is 1. The van der Waals surface area contributed by atoms with Crippen LogP contribution in [0, 0.1) is 0 Å². The lowest BCUT2D eigenvalue weighted by molar-refractivity contribution is -0.130. The highest BCUT2D eigenvalue weighted by atomic mass is 16.5. The zero-order valence-electron chi connectivity index (χ0n) is 12.5. The summed E-state index contributed by atoms with van der Waals surface area (Å²) in [5.41, 5.74) is 0.912. The summed E-state index contributed by atoms with van der Waals surface area (Å²) < 4.78 is 5.36. The van der Waals surface area contributed by atoms with Gasteiger partial charge in [0.05, 0.1) is 13.0 Å². The predicted molar refractivity (Wildman–Crippen MR) is 78.7 cm³/mol. The molecule has 1 atom stereocenters. The quantitative estimate of drug-likeness (QED) is 0.904. The van der Waals surface area contributed by atoms with Crippen LogP contribution in [-0.4, -0.2) is 41.1 Å². The molecular formula is C16H21NO4. The predicted octanol–water partition coefficient (Wildman–Crippen LogP) is 2.34. The third-order valence-corrected chi connectivity index (χ3v) is 3.80. The maximum Gasteiger partial charge on any atom is 0.339 e. The Balaban J connectivity index is 2.14. The van der Waals surface area contributed by atoms with Crippen LogP contribution < -0.4 is 4.74 Å². The van der Waals surface area contributed by atoms with E-state index in [2.05, 4.69) is 6.92 Å². The third-order valence-electron chi connectivity index (χ3n) is 3.80. The summed E-state index contributed by atoms with van der Waals surface area (Å²) in [5, 5.41) is 9.12. The van der Waals surface area contributed by atoms with E-state index >= 15 is 0 Å². The summed E-state index contributed by atoms with van der Waals surface area (Å²) in [6.45, 7) is 5.06. The van der Waals surface area contributed by atoms with Crippen molar-refractivity contribution in [2.24, 2.45) is 0 Å². The molecule has 0 spiro atoms. The lowest BCUT2D eigenvalue weighted by atomic mass is 10.1. The van der Waals surface area contributed by atoms with Gasteiger partial charge in [-0.15, -0.1) is 0 Å². The van der Waals surface area contributed by atoms with Gasteiger partial charge in [0, 0.05) is 12.6 Å². The maximum atomic E-state index is 12.3. The normalized spacial score (nSPS) is 17.8. The summed E-state index contributed by atoms with van der Waals surface area (Å²) in [7, 11) is 0. The van der Waals surface area contributed by atoms with Gasteiger partial charge >= 0.3 is 5.97 Å². The molecule has 1 N–H and O–H groups in total. The summed E-state index contributed by atoms with van der Waals surface area (Å²) in [6, 6.07) is 5.14. The van der Waals surface area contributed by atoms with Gasteiger partial charge in [-0.1, -0.05) is 6.07 Å². The Morgan fingerprint density at radius 3 is 2.76 bits per heavy atom. The van der Waals surface area contributed by atoms with Crippen molar-refractivity contribution >= 4 is 11.9 Å². The Hall–Kier alpha value is -2.04. The van der Waals surface area contributed by atoms with Crippen molar-refractivity contribution < 1.29 is 19.4 Å². The first-order valence-corrected chi connectivity index (χ1v) is 7.31. The van der Waals surface area contributed by atoms with Gasteiger partial charge in [0.25, 0.3) is 0 Å². The number of hydrogen-bond acceptors (Lipinski definition) is 3. The monoisotopic (exact) mass is 291 g/mol. The molecule has 0 bridgehead atoms. The number of carboxylic acids is 1. The van der Waals surface area contributed by atoms with Gasteiger partial charge in [0.15, 0.2) is 0 Å². The summed E-state index contributed by atoms with van der Waals surface area (Å²) in [4.78, 5) is 25.3. The second-order valence-electron chi connectivity index (χ2n) is 5.32. The average molecular weight is 291 g/mol. The number of ether oxygens (including phenoxy) is 1. The molecular weight excluding hydrogens is 270 g/mol. The highest BCUT2D eigenvalue weighted by Crippen LogP contribution is 2.23. The molecule has 2 rings (SSSR count). The molecule has 1 fully saturated rings. The first-order valence-electron chi connectivity index (χ1n) is 7.31. The first kappa shape index (κ1) is 15.4. The second kappa shape index (κ2) is 6.61. The fraction of sp³-hybridized carbons (Fsp3) is 0.500. The zero-order valence-corrected chi connectivity index (χ0v) is 12.5. The van der Waals surface area contributed by atoms with E-state index in [4.69, 9.17) is 9.84 Å². The van der Waals surface area contributed by atoms with E-state index in [0.717, 1.165) is 24.9 Å². The van der Waals surface area contributed by atoms with Gasteiger partial charge in [-0.2, -0.15) is 0 Å². The number of aromatic carboxylic acids is 1. The van der Waals surface area contributed by atoms with Crippen LogP contribution in [0.15, 0.2) is 18.2 Å². The van der Waals surface area contributed by atoms with Gasteiger partial charge < -0.3 is 14.7 Å². The third kappa shape index (κ3) is 3.54. The van der Waals surface area contributed by atoms with E-state index in [1.54, 1.807) is 19.1 Å². The molecule has 5 nitrogen and oxygen atoms in total. The Morgan fingerprint density at radius 1 is 1.43 bits per heavy atom. The fourth-order valence-corrected chi connectivity index (χ4v) is 2.71. The minimum Gasteiger partial charge on any atom is -0.493 e. The summed E-state index contributed by atoms with van der Waals surface area (Å²) in [5.74, 6) is -0.611. The maximum absolute atomic E-state index is 12.3. The Morgan fingerprint density at radius 2 is 2.19 bits per heavy atom. The van der Waals surface area contributed by atoms with Gasteiger partial charge in [0.2, 0.25) is 5.91 Å². The van der Waals surface area contributed by atoms with Crippen LogP contribution >= 0.6 is 0 Å². The number of carbonyl (C=O) groups excluding carboxylic acids is 1. The molecule has 1 aliphatic heterocycles. The summed E-state index contributed by atoms with van der Waals surface area (Å²) >= 11 is 0. The molecule has 114 valence electrons. The molecule has 0 radical (unpaired) electrons. The largest absolute Gasteiger partial charge is 0.493 e. The SMILES string of the molecule is CCOc1cc(CC(=O)N2CCCC2C)ccc1C(=O)O. The van der Waals surface area contributed by atoms with E-state index in [9.17, 15) is 9.59 Å². The Kier molecular flexibility index (Phi) is 4.83. The minimum absolute atomic E-state index is 0.0884. The smallest absolute Gasteiger partial charge is 0.339 e. The lowest BCUT2D eigenvalue weighted by Gasteiger charge is -2.21. The average Bonchev–Trinajstić information content (AvgIpc) is 2.85. The molecule has 1 amide bonds. The van der Waals surface area contributed by atoms with Gasteiger partial charge in [-0.05, 0) is 44.4 Å². The zero-order chi connectivity index (χ0) is 15.4. The Bertz CT molecular complexity index is 541. The highest BCUT2D eigenvalue weighted by molar-refractivity contribution is 5.91. The van der Waals surface area contributed by atoms with Crippen molar-refractivity contribution in [3.8, 4) is 5.75 Å². The number of likely N-dealkylation sites (tertiary alicyclic amines) is 1. The molecule has 1 aliphatic rings. The Labute approximate surface area is 124 Å². The van der Waals surface area contributed by atoms with Crippen molar-refractivity contribution in [3.63, 3.8) is 0 Å². The fourth-order valence-electron chi connectivity index (χ4n) is 2.71. The molecule has 0 aliphatic carbocycles. The molecule has 5 heteroatoms. The van der Waals surface area contributed by atoms with Crippen LogP contribution in [0.4, 0.5) is 0 Å². The van der Waals surface area contributed by atoms with E-state index in [1.165, 1.54) is 6.07 Å². The van der Waals surface area contributed by atoms with E-state index in [-0.39, 0.29) is 17.9 Å². The molecule has 1 aromatic carbocycles. The van der Waals surface area contributed by atoms with Crippen LogP contribution in [0.5, 0.6) is 5.75 Å². The lowest BCUT2D eigenvalue weighted by Crippen LogP contribution is -2.34. The van der Waals surface area contributed by atoms with Crippen LogP contribution in [-0.2, 0) is 11.2 Å². The standard InChI is InChI=1S/C16H21NO4/c1-3-21-14-9-12(6-7-13(14)16(19)20)10-15(18)17-8-4-5-11(17)2/h6-7,9,11H,3-5,8,10H2,1-2H3,(H,19,20). The van der Waals surface area contributed by atoms with Crippen molar-refractivity contribution in [3.05, 3.63) is 29.3 Å². The molecule has 1 heterocycles. The molecule has 0 aromatic heterocycles. The number of carbonyl (C=O) groups is 2. The number of benzene rings is 1. The van der Waals surface area contributed by atoms with Crippen LogP contribution in [0.2, 0.25) is 0 Å². The molecule has 1 saturated heterocycles. The molecule has 21 heavy (non-hydrogen) atoms. The second-order valence-corrected chi connectivity index (χ2v) is 5.32. The van der Waals surface area contributed by atoms with E-state index in [0.29, 0.717) is 18.4 Å². The number of rotatable bonds is 5. The van der Waals surface area contributed by atoms with Crippen LogP contribution in [0.25, 0.3) is 0 Å². The molecule has 0 saturated carbocycles. The number of hydrogen-bond donors (Lipinski definition) is 1. The van der Waals surface area contributed by atoms with Crippen molar-refractivity contribution in [2.45, 2.75) is 39.2 Å². The van der Waals surface area contributed by atoms with Gasteiger partial charge in [0.1, 0.15) is 11.3 Å². The number of carboxylic acid groups (broad SMARTS) is 1.